The first-order valence-electron chi connectivity index (χ1n) is 9.54. The highest BCUT2D eigenvalue weighted by Crippen LogP contribution is 2.27. The summed E-state index contributed by atoms with van der Waals surface area (Å²) in [5.74, 6) is 0. The van der Waals surface area contributed by atoms with Crippen molar-refractivity contribution in [2.75, 3.05) is 38.1 Å². The topological polar surface area (TPSA) is 54.0 Å². The summed E-state index contributed by atoms with van der Waals surface area (Å²) in [6.45, 7) is 6.20. The minimum absolute atomic E-state index is 0.345. The van der Waals surface area contributed by atoms with Crippen LogP contribution in [0.1, 0.15) is 11.3 Å². The molecule has 6 nitrogen and oxygen atoms in total. The smallest absolute Gasteiger partial charge is 0.345 e. The van der Waals surface area contributed by atoms with Crippen molar-refractivity contribution in [2.45, 2.75) is 13.3 Å². The van der Waals surface area contributed by atoms with Crippen LogP contribution >= 0.6 is 11.3 Å². The SMILES string of the molecule is Cc1cn2cc(-c3cc4ccc(N5CCCN(C)CC5)cc4oc3=O)nc2s1. The molecule has 1 saturated heterocycles. The third-order valence-corrected chi connectivity index (χ3v) is 6.26. The largest absolute Gasteiger partial charge is 0.422 e. The maximum absolute atomic E-state index is 12.7. The zero-order valence-corrected chi connectivity index (χ0v) is 16.8. The van der Waals surface area contributed by atoms with Gasteiger partial charge in [0.05, 0.1) is 11.3 Å². The number of fused-ring (bicyclic) bond motifs is 2. The van der Waals surface area contributed by atoms with Crippen LogP contribution in [0.25, 0.3) is 27.2 Å². The van der Waals surface area contributed by atoms with E-state index in [4.69, 9.17) is 4.42 Å². The Morgan fingerprint density at radius 1 is 1.11 bits per heavy atom. The van der Waals surface area contributed by atoms with Gasteiger partial charge in [-0.25, -0.2) is 9.78 Å². The molecule has 0 amide bonds. The molecule has 0 aliphatic carbocycles. The first-order chi connectivity index (χ1) is 13.6. The molecular formula is C21H22N4O2S. The Hall–Kier alpha value is -2.64. The highest BCUT2D eigenvalue weighted by Gasteiger charge is 2.16. The molecule has 1 aromatic carbocycles. The molecule has 4 heterocycles. The Morgan fingerprint density at radius 3 is 2.86 bits per heavy atom. The van der Waals surface area contributed by atoms with E-state index in [1.807, 2.05) is 41.9 Å². The molecule has 0 radical (unpaired) electrons. The normalized spacial score (nSPS) is 16.1. The van der Waals surface area contributed by atoms with Gasteiger partial charge in [0, 0.05) is 54.0 Å². The fraction of sp³-hybridized carbons (Fsp3) is 0.333. The van der Waals surface area contributed by atoms with Crippen molar-refractivity contribution in [3.63, 3.8) is 0 Å². The molecule has 0 unspecified atom stereocenters. The molecule has 0 bridgehead atoms. The van der Waals surface area contributed by atoms with Crippen LogP contribution in [0.4, 0.5) is 5.69 Å². The molecule has 0 N–H and O–H groups in total. The van der Waals surface area contributed by atoms with Gasteiger partial charge in [-0.3, -0.25) is 4.40 Å². The number of hydrogen-bond donors (Lipinski definition) is 0. The van der Waals surface area contributed by atoms with Crippen molar-refractivity contribution in [3.8, 4) is 11.3 Å². The van der Waals surface area contributed by atoms with Gasteiger partial charge in [-0.15, -0.1) is 11.3 Å². The third kappa shape index (κ3) is 3.10. The molecule has 1 fully saturated rings. The van der Waals surface area contributed by atoms with Gasteiger partial charge in [0.25, 0.3) is 0 Å². The highest BCUT2D eigenvalue weighted by atomic mass is 32.1. The summed E-state index contributed by atoms with van der Waals surface area (Å²) in [4.78, 5) is 24.0. The van der Waals surface area contributed by atoms with Crippen LogP contribution in [0.15, 0.2) is 45.9 Å². The number of likely N-dealkylation sites (N-methyl/N-ethyl adjacent to an activating group) is 1. The lowest BCUT2D eigenvalue weighted by molar-refractivity contribution is 0.360. The molecule has 4 aromatic rings. The number of hydrogen-bond acceptors (Lipinski definition) is 6. The lowest BCUT2D eigenvalue weighted by atomic mass is 10.1. The summed E-state index contributed by atoms with van der Waals surface area (Å²) < 4.78 is 7.65. The van der Waals surface area contributed by atoms with Gasteiger partial charge in [-0.1, -0.05) is 0 Å². The van der Waals surface area contributed by atoms with E-state index >= 15 is 0 Å². The molecule has 28 heavy (non-hydrogen) atoms. The van der Waals surface area contributed by atoms with E-state index in [2.05, 4.69) is 27.9 Å². The van der Waals surface area contributed by atoms with Crippen LogP contribution in [-0.2, 0) is 0 Å². The number of thiazole rings is 1. The van der Waals surface area contributed by atoms with E-state index in [0.29, 0.717) is 16.8 Å². The van der Waals surface area contributed by atoms with Gasteiger partial charge in [0.2, 0.25) is 0 Å². The molecule has 1 aliphatic heterocycles. The molecule has 1 aliphatic rings. The number of nitrogens with zero attached hydrogens (tertiary/aromatic N) is 4. The number of benzene rings is 1. The maximum Gasteiger partial charge on any atom is 0.345 e. The molecule has 5 rings (SSSR count). The first kappa shape index (κ1) is 17.5. The average molecular weight is 395 g/mol. The second kappa shape index (κ2) is 6.76. The Balaban J connectivity index is 1.52. The molecule has 144 valence electrons. The van der Waals surface area contributed by atoms with Crippen LogP contribution in [0.3, 0.4) is 0 Å². The average Bonchev–Trinajstić information content (AvgIpc) is 3.11. The van der Waals surface area contributed by atoms with E-state index in [-0.39, 0.29) is 5.63 Å². The summed E-state index contributed by atoms with van der Waals surface area (Å²) in [6.07, 6.45) is 5.04. The summed E-state index contributed by atoms with van der Waals surface area (Å²) >= 11 is 1.61. The highest BCUT2D eigenvalue weighted by molar-refractivity contribution is 7.17. The monoisotopic (exact) mass is 394 g/mol. The molecule has 7 heteroatoms. The van der Waals surface area contributed by atoms with E-state index in [1.165, 1.54) is 4.88 Å². The van der Waals surface area contributed by atoms with E-state index in [9.17, 15) is 4.79 Å². The second-order valence-electron chi connectivity index (χ2n) is 7.47. The van der Waals surface area contributed by atoms with Gasteiger partial charge in [0.15, 0.2) is 4.96 Å². The van der Waals surface area contributed by atoms with Crippen molar-refractivity contribution in [1.29, 1.82) is 0 Å². The number of rotatable bonds is 2. The van der Waals surface area contributed by atoms with Gasteiger partial charge in [-0.05, 0) is 45.1 Å². The van der Waals surface area contributed by atoms with Gasteiger partial charge in [0.1, 0.15) is 5.58 Å². The number of imidazole rings is 1. The minimum Gasteiger partial charge on any atom is -0.422 e. The van der Waals surface area contributed by atoms with E-state index < -0.39 is 0 Å². The quantitative estimate of drug-likeness (QED) is 0.486. The Morgan fingerprint density at radius 2 is 2.00 bits per heavy atom. The van der Waals surface area contributed by atoms with Gasteiger partial charge in [-0.2, -0.15) is 0 Å². The first-order valence-corrected chi connectivity index (χ1v) is 10.4. The zero-order valence-electron chi connectivity index (χ0n) is 16.0. The number of anilines is 1. The minimum atomic E-state index is -0.345. The van der Waals surface area contributed by atoms with Crippen LogP contribution in [0.2, 0.25) is 0 Å². The molecule has 0 saturated carbocycles. The summed E-state index contributed by atoms with van der Waals surface area (Å²) in [7, 11) is 2.16. The Bertz CT molecular complexity index is 1190. The van der Waals surface area contributed by atoms with Crippen LogP contribution in [0, 0.1) is 6.92 Å². The maximum atomic E-state index is 12.7. The summed E-state index contributed by atoms with van der Waals surface area (Å²) in [6, 6.07) is 8.03. The molecule has 3 aromatic heterocycles. The van der Waals surface area contributed by atoms with Crippen LogP contribution in [-0.4, -0.2) is 47.5 Å². The Labute approximate surface area is 166 Å². The van der Waals surface area contributed by atoms with Crippen molar-refractivity contribution < 1.29 is 4.42 Å². The molecule has 0 atom stereocenters. The third-order valence-electron chi connectivity index (χ3n) is 5.35. The zero-order chi connectivity index (χ0) is 19.3. The number of aromatic nitrogens is 2. The lowest BCUT2D eigenvalue weighted by Crippen LogP contribution is -2.28. The number of aryl methyl sites for hydroxylation is 1. The fourth-order valence-corrected chi connectivity index (χ4v) is 4.63. The van der Waals surface area contributed by atoms with Crippen LogP contribution in [0.5, 0.6) is 0 Å². The Kier molecular flexibility index (Phi) is 4.21. The van der Waals surface area contributed by atoms with Crippen LogP contribution < -0.4 is 10.5 Å². The lowest BCUT2D eigenvalue weighted by Gasteiger charge is -2.22. The van der Waals surface area contributed by atoms with Gasteiger partial charge >= 0.3 is 5.63 Å². The predicted molar refractivity (Wildman–Crippen MR) is 114 cm³/mol. The summed E-state index contributed by atoms with van der Waals surface area (Å²) in [5.41, 5.74) is 2.55. The second-order valence-corrected chi connectivity index (χ2v) is 8.68. The van der Waals surface area contributed by atoms with Crippen molar-refractivity contribution in [1.82, 2.24) is 14.3 Å². The predicted octanol–water partition coefficient (Wildman–Crippen LogP) is 3.62. The molecular weight excluding hydrogens is 372 g/mol. The standard InChI is InChI=1S/C21H22N4O2S/c1-14-12-25-13-18(22-21(25)28-14)17-10-15-4-5-16(11-19(15)27-20(17)26)24-7-3-6-23(2)8-9-24/h4-5,10-13H,3,6-9H2,1-2H3. The van der Waals surface area contributed by atoms with Crippen molar-refractivity contribution in [3.05, 3.63) is 52.0 Å². The van der Waals surface area contributed by atoms with Crippen molar-refractivity contribution in [2.24, 2.45) is 0 Å². The van der Waals surface area contributed by atoms with Crippen molar-refractivity contribution >= 4 is 33.0 Å². The van der Waals surface area contributed by atoms with E-state index in [1.54, 1.807) is 11.3 Å². The fourth-order valence-electron chi connectivity index (χ4n) is 3.82. The summed E-state index contributed by atoms with van der Waals surface area (Å²) in [5, 5.41) is 0.915. The van der Waals surface area contributed by atoms with E-state index in [0.717, 1.165) is 48.6 Å². The van der Waals surface area contributed by atoms with Gasteiger partial charge < -0.3 is 14.2 Å². The molecule has 0 spiro atoms.